The van der Waals surface area contributed by atoms with E-state index in [9.17, 15) is 4.79 Å². The van der Waals surface area contributed by atoms with Gasteiger partial charge in [-0.3, -0.25) is 4.79 Å². The van der Waals surface area contributed by atoms with Gasteiger partial charge in [-0.1, -0.05) is 36.8 Å². The highest BCUT2D eigenvalue weighted by atomic mass is 35.5. The first-order valence-electron chi connectivity index (χ1n) is 7.33. The van der Waals surface area contributed by atoms with Crippen LogP contribution in [-0.4, -0.2) is 11.2 Å². The summed E-state index contributed by atoms with van der Waals surface area (Å²) in [5.74, 6) is 0.110. The third-order valence-electron chi connectivity index (χ3n) is 3.97. The van der Waals surface area contributed by atoms with Crippen molar-refractivity contribution < 1.29 is 4.79 Å². The lowest BCUT2D eigenvalue weighted by atomic mass is 9.81. The van der Waals surface area contributed by atoms with Crippen molar-refractivity contribution in [2.45, 2.75) is 24.6 Å². The molecular formula is C18H18ClNO. The average Bonchev–Trinajstić information content (AvgIpc) is 2.51. The maximum absolute atomic E-state index is 12.2. The highest BCUT2D eigenvalue weighted by Crippen LogP contribution is 2.32. The first kappa shape index (κ1) is 14.2. The van der Waals surface area contributed by atoms with Gasteiger partial charge in [0, 0.05) is 17.8 Å². The molecule has 0 aromatic heterocycles. The second-order valence-electron chi connectivity index (χ2n) is 5.49. The van der Waals surface area contributed by atoms with Crippen LogP contribution in [0.3, 0.4) is 0 Å². The molecule has 1 heterocycles. The Hall–Kier alpha value is -1.80. The highest BCUT2D eigenvalue weighted by Gasteiger charge is 2.31. The van der Waals surface area contributed by atoms with Crippen LogP contribution < -0.4 is 5.32 Å². The Labute approximate surface area is 130 Å². The van der Waals surface area contributed by atoms with Gasteiger partial charge in [0.2, 0.25) is 0 Å². The van der Waals surface area contributed by atoms with Crippen molar-refractivity contribution in [3.63, 3.8) is 0 Å². The molecule has 0 spiro atoms. The SMILES string of the molecule is O=C1C(Cl)CCCC1C1=CC(=Cc2ccccc2)NC=C1. The van der Waals surface area contributed by atoms with Gasteiger partial charge in [0.15, 0.2) is 5.78 Å². The summed E-state index contributed by atoms with van der Waals surface area (Å²) in [6.07, 6.45) is 10.7. The predicted molar refractivity (Wildman–Crippen MR) is 86.8 cm³/mol. The normalized spacial score (nSPS) is 27.4. The van der Waals surface area contributed by atoms with Crippen molar-refractivity contribution in [3.05, 3.63) is 65.5 Å². The summed E-state index contributed by atoms with van der Waals surface area (Å²) in [5.41, 5.74) is 3.20. The van der Waals surface area contributed by atoms with Crippen LogP contribution in [0.4, 0.5) is 0 Å². The number of Topliss-reactive ketones (excluding diaryl/α,β-unsaturated/α-hetero) is 1. The fourth-order valence-electron chi connectivity index (χ4n) is 2.87. The Bertz CT molecular complexity index is 615. The van der Waals surface area contributed by atoms with Crippen molar-refractivity contribution in [1.82, 2.24) is 5.32 Å². The van der Waals surface area contributed by atoms with E-state index in [0.29, 0.717) is 0 Å². The Morgan fingerprint density at radius 3 is 2.81 bits per heavy atom. The van der Waals surface area contributed by atoms with E-state index in [-0.39, 0.29) is 17.1 Å². The van der Waals surface area contributed by atoms with Crippen molar-refractivity contribution in [2.75, 3.05) is 0 Å². The van der Waals surface area contributed by atoms with Gasteiger partial charge in [-0.25, -0.2) is 0 Å². The van der Waals surface area contributed by atoms with Crippen LogP contribution in [-0.2, 0) is 4.79 Å². The van der Waals surface area contributed by atoms with Gasteiger partial charge < -0.3 is 5.32 Å². The fraction of sp³-hybridized carbons (Fsp3) is 0.278. The third-order valence-corrected chi connectivity index (χ3v) is 4.41. The Morgan fingerprint density at radius 1 is 1.19 bits per heavy atom. The molecule has 2 unspecified atom stereocenters. The number of carbonyl (C=O) groups is 1. The summed E-state index contributed by atoms with van der Waals surface area (Å²) in [4.78, 5) is 12.2. The van der Waals surface area contributed by atoms with E-state index in [4.69, 9.17) is 11.6 Å². The molecule has 1 fully saturated rings. The molecule has 2 aliphatic rings. The number of allylic oxidation sites excluding steroid dienone is 3. The number of hydrogen-bond donors (Lipinski definition) is 1. The average molecular weight is 300 g/mol. The van der Waals surface area contributed by atoms with Crippen LogP contribution in [0.2, 0.25) is 0 Å². The summed E-state index contributed by atoms with van der Waals surface area (Å²) >= 11 is 6.12. The number of rotatable bonds is 2. The maximum atomic E-state index is 12.2. The Morgan fingerprint density at radius 2 is 2.00 bits per heavy atom. The van der Waals surface area contributed by atoms with Gasteiger partial charge in [0.05, 0.1) is 5.38 Å². The molecule has 0 saturated heterocycles. The van der Waals surface area contributed by atoms with Gasteiger partial charge >= 0.3 is 0 Å². The second-order valence-corrected chi connectivity index (χ2v) is 6.01. The predicted octanol–water partition coefficient (Wildman–Crippen LogP) is 4.05. The van der Waals surface area contributed by atoms with E-state index in [1.54, 1.807) is 0 Å². The topological polar surface area (TPSA) is 29.1 Å². The molecule has 1 saturated carbocycles. The third kappa shape index (κ3) is 3.27. The van der Waals surface area contributed by atoms with Crippen molar-refractivity contribution in [1.29, 1.82) is 0 Å². The van der Waals surface area contributed by atoms with E-state index >= 15 is 0 Å². The minimum Gasteiger partial charge on any atom is -0.362 e. The fourth-order valence-corrected chi connectivity index (χ4v) is 3.17. The van der Waals surface area contributed by atoms with Crippen molar-refractivity contribution in [2.24, 2.45) is 5.92 Å². The number of halogens is 1. The summed E-state index contributed by atoms with van der Waals surface area (Å²) in [7, 11) is 0. The van der Waals surface area contributed by atoms with Gasteiger partial charge in [-0.05, 0) is 42.2 Å². The van der Waals surface area contributed by atoms with Gasteiger partial charge in [0.1, 0.15) is 0 Å². The Kier molecular flexibility index (Phi) is 4.26. The molecule has 1 N–H and O–H groups in total. The number of nitrogens with one attached hydrogen (secondary N) is 1. The zero-order valence-electron chi connectivity index (χ0n) is 11.8. The lowest BCUT2D eigenvalue weighted by Crippen LogP contribution is -2.30. The molecule has 0 radical (unpaired) electrons. The smallest absolute Gasteiger partial charge is 0.158 e. The van der Waals surface area contributed by atoms with Crippen LogP contribution in [0.1, 0.15) is 24.8 Å². The number of carbonyl (C=O) groups excluding carboxylic acids is 1. The maximum Gasteiger partial charge on any atom is 0.158 e. The van der Waals surface area contributed by atoms with E-state index < -0.39 is 0 Å². The minimum atomic E-state index is -0.325. The molecular weight excluding hydrogens is 282 g/mol. The highest BCUT2D eigenvalue weighted by molar-refractivity contribution is 6.31. The molecule has 1 aromatic rings. The zero-order valence-corrected chi connectivity index (χ0v) is 12.5. The number of alkyl halides is 1. The van der Waals surface area contributed by atoms with Crippen LogP contribution in [0.15, 0.2) is 60.0 Å². The molecule has 21 heavy (non-hydrogen) atoms. The zero-order chi connectivity index (χ0) is 14.7. The lowest BCUT2D eigenvalue weighted by Gasteiger charge is -2.26. The molecule has 0 bridgehead atoms. The largest absolute Gasteiger partial charge is 0.362 e. The second kappa shape index (κ2) is 6.31. The molecule has 2 nitrogen and oxygen atoms in total. The van der Waals surface area contributed by atoms with Gasteiger partial charge in [-0.2, -0.15) is 0 Å². The van der Waals surface area contributed by atoms with Gasteiger partial charge in [-0.15, -0.1) is 11.6 Å². The number of hydrogen-bond acceptors (Lipinski definition) is 2. The summed E-state index contributed by atoms with van der Waals surface area (Å²) in [6.45, 7) is 0. The molecule has 1 aliphatic heterocycles. The molecule has 1 aromatic carbocycles. The van der Waals surface area contributed by atoms with E-state index in [1.807, 2.05) is 30.5 Å². The Balaban J connectivity index is 1.84. The molecule has 108 valence electrons. The monoisotopic (exact) mass is 299 g/mol. The number of dihydropyridines is 1. The molecule has 2 atom stereocenters. The van der Waals surface area contributed by atoms with Crippen LogP contribution in [0, 0.1) is 5.92 Å². The van der Waals surface area contributed by atoms with E-state index in [2.05, 4.69) is 29.6 Å². The van der Waals surface area contributed by atoms with Crippen LogP contribution >= 0.6 is 11.6 Å². The molecule has 1 aliphatic carbocycles. The first-order valence-corrected chi connectivity index (χ1v) is 7.77. The van der Waals surface area contributed by atoms with E-state index in [0.717, 1.165) is 36.1 Å². The summed E-state index contributed by atoms with van der Waals surface area (Å²) in [5, 5.41) is 2.90. The van der Waals surface area contributed by atoms with Crippen molar-refractivity contribution in [3.8, 4) is 0 Å². The molecule has 3 heteroatoms. The van der Waals surface area contributed by atoms with Gasteiger partial charge in [0.25, 0.3) is 0 Å². The standard InChI is InChI=1S/C18H18ClNO/c19-17-8-4-7-16(18(17)21)14-9-10-20-15(12-14)11-13-5-2-1-3-6-13/h1-3,5-6,9-12,16-17,20H,4,7-8H2. The molecule has 0 amide bonds. The number of ketones is 1. The summed E-state index contributed by atoms with van der Waals surface area (Å²) < 4.78 is 0. The lowest BCUT2D eigenvalue weighted by molar-refractivity contribution is -0.122. The van der Waals surface area contributed by atoms with E-state index in [1.165, 1.54) is 0 Å². The quantitative estimate of drug-likeness (QED) is 0.835. The first-order chi connectivity index (χ1) is 10.2. The molecule has 3 rings (SSSR count). The summed E-state index contributed by atoms with van der Waals surface area (Å²) in [6, 6.07) is 10.1. The minimum absolute atomic E-state index is 0.0567. The van der Waals surface area contributed by atoms with Crippen LogP contribution in [0.25, 0.3) is 6.08 Å². The van der Waals surface area contributed by atoms with Crippen LogP contribution in [0.5, 0.6) is 0 Å². The van der Waals surface area contributed by atoms with Crippen molar-refractivity contribution >= 4 is 23.5 Å². The number of benzene rings is 1.